The first kappa shape index (κ1) is 23.4. The maximum atomic E-state index is 13.1. The number of carbonyl (C=O) groups excluding carboxylic acids is 1. The highest BCUT2D eigenvalue weighted by Gasteiger charge is 2.30. The number of nitrogens with one attached hydrogen (secondary N) is 1. The highest BCUT2D eigenvalue weighted by Crippen LogP contribution is 2.30. The number of amides is 1. The van der Waals surface area contributed by atoms with Crippen molar-refractivity contribution in [3.05, 3.63) is 88.1 Å². The molecule has 168 valence electrons. The number of carbonyl (C=O) groups is 1. The predicted octanol–water partition coefficient (Wildman–Crippen LogP) is 4.95. The number of hydrogen-bond donors (Lipinski definition) is 1. The molecule has 0 aliphatic heterocycles. The lowest BCUT2D eigenvalue weighted by Gasteiger charge is -2.15. The highest BCUT2D eigenvalue weighted by atomic mass is 32.2. The first-order chi connectivity index (χ1) is 15.2. The second-order valence-electron chi connectivity index (χ2n) is 6.69. The van der Waals surface area contributed by atoms with Crippen LogP contribution in [0.2, 0.25) is 0 Å². The quantitative estimate of drug-likeness (QED) is 0.396. The molecule has 1 aromatic heterocycles. The molecule has 1 heterocycles. The predicted molar refractivity (Wildman–Crippen MR) is 113 cm³/mol. The minimum Gasteiger partial charge on any atom is -0.491 e. The Balaban J connectivity index is 1.79. The van der Waals surface area contributed by atoms with Crippen molar-refractivity contribution < 1.29 is 27.1 Å². The van der Waals surface area contributed by atoms with Gasteiger partial charge in [-0.15, -0.1) is 11.8 Å². The van der Waals surface area contributed by atoms with Crippen LogP contribution in [0.1, 0.15) is 11.3 Å². The van der Waals surface area contributed by atoms with Crippen molar-refractivity contribution in [3.63, 3.8) is 0 Å². The minimum atomic E-state index is -4.53. The van der Waals surface area contributed by atoms with E-state index in [9.17, 15) is 27.2 Å². The number of thioether (sulfide) groups is 1. The minimum absolute atomic E-state index is 0.0000668. The lowest BCUT2D eigenvalue weighted by molar-refractivity contribution is -0.137. The number of methoxy groups -OCH3 is 1. The molecule has 0 saturated heterocycles. The van der Waals surface area contributed by atoms with Gasteiger partial charge in [0, 0.05) is 28.1 Å². The van der Waals surface area contributed by atoms with E-state index in [1.807, 2.05) is 0 Å². The Morgan fingerprint density at radius 3 is 2.50 bits per heavy atom. The normalized spacial score (nSPS) is 11.3. The van der Waals surface area contributed by atoms with Crippen molar-refractivity contribution in [3.8, 4) is 5.75 Å². The molecule has 2 aromatic carbocycles. The van der Waals surface area contributed by atoms with Crippen molar-refractivity contribution in [2.24, 2.45) is 0 Å². The van der Waals surface area contributed by atoms with Gasteiger partial charge < -0.3 is 14.6 Å². The molecule has 0 aliphatic rings. The number of hydrogen-bond acceptors (Lipinski definition) is 4. The van der Waals surface area contributed by atoms with Gasteiger partial charge in [0.2, 0.25) is 11.3 Å². The Kier molecular flexibility index (Phi) is 7.24. The zero-order valence-corrected chi connectivity index (χ0v) is 17.6. The van der Waals surface area contributed by atoms with Crippen LogP contribution < -0.4 is 15.5 Å². The van der Waals surface area contributed by atoms with Crippen LogP contribution in [0.15, 0.2) is 70.5 Å². The van der Waals surface area contributed by atoms with Crippen molar-refractivity contribution in [2.45, 2.75) is 23.4 Å². The summed E-state index contributed by atoms with van der Waals surface area (Å²) in [6, 6.07) is 11.4. The van der Waals surface area contributed by atoms with E-state index in [-0.39, 0.29) is 29.2 Å². The van der Waals surface area contributed by atoms with Gasteiger partial charge in [0.05, 0.1) is 18.9 Å². The molecule has 0 saturated carbocycles. The lowest BCUT2D eigenvalue weighted by Crippen LogP contribution is -2.23. The zero-order chi connectivity index (χ0) is 23.3. The van der Waals surface area contributed by atoms with Gasteiger partial charge in [-0.3, -0.25) is 9.59 Å². The van der Waals surface area contributed by atoms with Crippen molar-refractivity contribution in [2.75, 3.05) is 12.4 Å². The molecule has 10 heteroatoms. The van der Waals surface area contributed by atoms with Gasteiger partial charge in [0.25, 0.3) is 0 Å². The number of nitrogens with zero attached hydrogens (tertiary/aromatic N) is 1. The van der Waals surface area contributed by atoms with Crippen LogP contribution >= 0.6 is 11.8 Å². The first-order valence-corrected chi connectivity index (χ1v) is 10.3. The Bertz CT molecular complexity index is 1160. The third-order valence-corrected chi connectivity index (χ3v) is 5.44. The molecule has 0 fully saturated rings. The number of rotatable bonds is 7. The van der Waals surface area contributed by atoms with Crippen LogP contribution in [0.4, 0.5) is 23.2 Å². The summed E-state index contributed by atoms with van der Waals surface area (Å²) in [5, 5.41) is 2.44. The molecule has 3 rings (SSSR count). The Labute approximate surface area is 185 Å². The van der Waals surface area contributed by atoms with Gasteiger partial charge >= 0.3 is 6.18 Å². The van der Waals surface area contributed by atoms with Gasteiger partial charge in [-0.1, -0.05) is 6.07 Å². The average Bonchev–Trinajstić information content (AvgIpc) is 2.74. The SMILES string of the molecule is COc1cn(CC(=O)Nc2cccc(C(F)(F)F)c2)c(CSc2ccc(F)cc2)cc1=O. The van der Waals surface area contributed by atoms with Crippen molar-refractivity contribution >= 4 is 23.4 Å². The van der Waals surface area contributed by atoms with Crippen LogP contribution in [0, 0.1) is 5.82 Å². The standard InChI is InChI=1S/C22H18F4N2O3S/c1-31-20-11-28(12-21(30)27-16-4-2-3-14(9-16)22(24,25)26)17(10-19(20)29)13-32-18-7-5-15(23)6-8-18/h2-11H,12-13H2,1H3,(H,27,30). The maximum absolute atomic E-state index is 13.1. The van der Waals surface area contributed by atoms with Gasteiger partial charge in [0.15, 0.2) is 5.75 Å². The molecule has 0 spiro atoms. The Morgan fingerprint density at radius 1 is 1.12 bits per heavy atom. The fourth-order valence-electron chi connectivity index (χ4n) is 2.84. The molecule has 0 aliphatic carbocycles. The number of halogens is 4. The Hall–Kier alpha value is -3.27. The van der Waals surface area contributed by atoms with Crippen molar-refractivity contribution in [1.82, 2.24) is 4.57 Å². The number of benzene rings is 2. The first-order valence-electron chi connectivity index (χ1n) is 9.28. The largest absolute Gasteiger partial charge is 0.491 e. The summed E-state index contributed by atoms with van der Waals surface area (Å²) in [5.41, 5.74) is -0.766. The second-order valence-corrected chi connectivity index (χ2v) is 7.74. The fourth-order valence-corrected chi connectivity index (χ4v) is 3.73. The van der Waals surface area contributed by atoms with E-state index in [0.29, 0.717) is 11.4 Å². The molecule has 0 radical (unpaired) electrons. The molecular weight excluding hydrogens is 448 g/mol. The average molecular weight is 466 g/mol. The monoisotopic (exact) mass is 466 g/mol. The van der Waals surface area contributed by atoms with Gasteiger partial charge in [-0.2, -0.15) is 13.2 Å². The molecule has 0 atom stereocenters. The number of pyridine rings is 1. The summed E-state index contributed by atoms with van der Waals surface area (Å²) in [4.78, 5) is 25.5. The van der Waals surface area contributed by atoms with Crippen molar-refractivity contribution in [1.29, 1.82) is 0 Å². The molecule has 0 unspecified atom stereocenters. The maximum Gasteiger partial charge on any atom is 0.416 e. The molecule has 1 N–H and O–H groups in total. The van der Waals surface area contributed by atoms with Gasteiger partial charge in [0.1, 0.15) is 12.4 Å². The molecule has 3 aromatic rings. The second kappa shape index (κ2) is 9.90. The van der Waals surface area contributed by atoms with Crippen LogP contribution in [-0.2, 0) is 23.3 Å². The number of ether oxygens (including phenoxy) is 1. The van der Waals surface area contributed by atoms with Crippen LogP contribution in [-0.4, -0.2) is 17.6 Å². The van der Waals surface area contributed by atoms with E-state index >= 15 is 0 Å². The summed E-state index contributed by atoms with van der Waals surface area (Å²) in [6.07, 6.45) is -3.16. The van der Waals surface area contributed by atoms with Crippen LogP contribution in [0.5, 0.6) is 5.75 Å². The summed E-state index contributed by atoms with van der Waals surface area (Å²) >= 11 is 1.33. The zero-order valence-electron chi connectivity index (χ0n) is 16.8. The van der Waals surface area contributed by atoms with E-state index < -0.39 is 17.6 Å². The third-order valence-electron chi connectivity index (χ3n) is 4.39. The van der Waals surface area contributed by atoms with E-state index in [1.54, 1.807) is 12.1 Å². The van der Waals surface area contributed by atoms with E-state index in [0.717, 1.165) is 17.0 Å². The van der Waals surface area contributed by atoms with E-state index in [1.165, 1.54) is 60.0 Å². The third kappa shape index (κ3) is 6.13. The summed E-state index contributed by atoms with van der Waals surface area (Å²) < 4.78 is 58.3. The Morgan fingerprint density at radius 2 is 1.84 bits per heavy atom. The smallest absolute Gasteiger partial charge is 0.416 e. The van der Waals surface area contributed by atoms with Gasteiger partial charge in [-0.25, -0.2) is 4.39 Å². The number of anilines is 1. The molecule has 1 amide bonds. The molecule has 32 heavy (non-hydrogen) atoms. The fraction of sp³-hybridized carbons (Fsp3) is 0.182. The summed E-state index contributed by atoms with van der Waals surface area (Å²) in [5.74, 6) is -0.640. The molecule has 5 nitrogen and oxygen atoms in total. The van der Waals surface area contributed by atoms with Gasteiger partial charge in [-0.05, 0) is 42.5 Å². The van der Waals surface area contributed by atoms with Crippen LogP contribution in [0.3, 0.4) is 0 Å². The number of alkyl halides is 3. The number of aromatic nitrogens is 1. The molecule has 0 bridgehead atoms. The van der Waals surface area contributed by atoms with E-state index in [2.05, 4.69) is 5.32 Å². The molecular formula is C22H18F4N2O3S. The lowest BCUT2D eigenvalue weighted by atomic mass is 10.2. The summed E-state index contributed by atoms with van der Waals surface area (Å²) in [6.45, 7) is -0.258. The van der Waals surface area contributed by atoms with Crippen LogP contribution in [0.25, 0.3) is 0 Å². The highest BCUT2D eigenvalue weighted by molar-refractivity contribution is 7.98. The summed E-state index contributed by atoms with van der Waals surface area (Å²) in [7, 11) is 1.32. The van der Waals surface area contributed by atoms with E-state index in [4.69, 9.17) is 4.74 Å². The topological polar surface area (TPSA) is 60.3 Å².